The first kappa shape index (κ1) is 18.0. The van der Waals surface area contributed by atoms with Gasteiger partial charge in [-0.25, -0.2) is 4.84 Å². The number of halogens is 1. The van der Waals surface area contributed by atoms with E-state index in [1.165, 1.54) is 37.4 Å². The second kappa shape index (κ2) is 7.99. The zero-order chi connectivity index (χ0) is 17.7. The first-order chi connectivity index (χ1) is 11.4. The van der Waals surface area contributed by atoms with Gasteiger partial charge in [0.2, 0.25) is 6.29 Å². The Morgan fingerprint density at radius 1 is 1.08 bits per heavy atom. The fourth-order valence-corrected chi connectivity index (χ4v) is 2.30. The lowest BCUT2D eigenvalue weighted by atomic mass is 10.2. The molecule has 1 N–H and O–H groups in total. The van der Waals surface area contributed by atoms with Crippen LogP contribution in [0.5, 0.6) is 0 Å². The van der Waals surface area contributed by atoms with Gasteiger partial charge in [0.1, 0.15) is 0 Å². The van der Waals surface area contributed by atoms with Gasteiger partial charge in [-0.15, -0.1) is 0 Å². The van der Waals surface area contributed by atoms with Gasteiger partial charge >= 0.3 is 0 Å². The van der Waals surface area contributed by atoms with Crippen molar-refractivity contribution in [1.82, 2.24) is 0 Å². The average molecular weight is 445 g/mol. The standard InChI is InChI=1S/C14H12IN3O6/c1-23-14(9-3-2-4-10(7-9)17(19)20)24-16-13-8-11(18(21)22)5-6-12(13)15/h2-8,14,16H,1H3. The van der Waals surface area contributed by atoms with Crippen molar-refractivity contribution in [3.63, 3.8) is 0 Å². The number of rotatable bonds is 7. The van der Waals surface area contributed by atoms with E-state index in [1.54, 1.807) is 12.1 Å². The fourth-order valence-electron chi connectivity index (χ4n) is 1.86. The highest BCUT2D eigenvalue weighted by Crippen LogP contribution is 2.27. The summed E-state index contributed by atoms with van der Waals surface area (Å²) in [5, 5.41) is 21.7. The van der Waals surface area contributed by atoms with Crippen molar-refractivity contribution in [3.05, 3.63) is 71.8 Å². The predicted molar refractivity (Wildman–Crippen MR) is 93.4 cm³/mol. The smallest absolute Gasteiger partial charge is 0.271 e. The lowest BCUT2D eigenvalue weighted by Crippen LogP contribution is -2.12. The number of nitrogens with zero attached hydrogens (tertiary/aromatic N) is 2. The van der Waals surface area contributed by atoms with Crippen molar-refractivity contribution in [2.75, 3.05) is 12.6 Å². The molecule has 0 saturated carbocycles. The molecule has 2 rings (SSSR count). The molecule has 0 aliphatic rings. The minimum atomic E-state index is -0.931. The number of nitrogens with one attached hydrogen (secondary N) is 1. The van der Waals surface area contributed by atoms with Gasteiger partial charge in [0, 0.05) is 40.5 Å². The van der Waals surface area contributed by atoms with Gasteiger partial charge in [-0.05, 0) is 28.7 Å². The van der Waals surface area contributed by atoms with Crippen molar-refractivity contribution in [2.24, 2.45) is 0 Å². The van der Waals surface area contributed by atoms with Crippen LogP contribution < -0.4 is 5.48 Å². The number of nitro groups is 2. The van der Waals surface area contributed by atoms with Crippen molar-refractivity contribution in [2.45, 2.75) is 6.29 Å². The van der Waals surface area contributed by atoms with Crippen molar-refractivity contribution in [1.29, 1.82) is 0 Å². The lowest BCUT2D eigenvalue weighted by Gasteiger charge is -2.17. The summed E-state index contributed by atoms with van der Waals surface area (Å²) in [5.41, 5.74) is 3.23. The molecule has 9 nitrogen and oxygen atoms in total. The summed E-state index contributed by atoms with van der Waals surface area (Å²) in [5.74, 6) is 0. The van der Waals surface area contributed by atoms with Crippen molar-refractivity contribution in [3.8, 4) is 0 Å². The van der Waals surface area contributed by atoms with Crippen LogP contribution in [0, 0.1) is 23.8 Å². The van der Waals surface area contributed by atoms with Gasteiger partial charge in [-0.1, -0.05) is 12.1 Å². The normalized spacial score (nSPS) is 11.8. The quantitative estimate of drug-likeness (QED) is 0.298. The molecule has 24 heavy (non-hydrogen) atoms. The first-order valence-corrected chi connectivity index (χ1v) is 7.63. The minimum absolute atomic E-state index is 0.0918. The molecule has 0 heterocycles. The number of nitro benzene ring substituents is 2. The third kappa shape index (κ3) is 4.37. The van der Waals surface area contributed by atoms with Crippen molar-refractivity contribution >= 4 is 39.7 Å². The Hall–Kier alpha value is -2.31. The molecule has 0 aliphatic carbocycles. The zero-order valence-electron chi connectivity index (χ0n) is 12.3. The monoisotopic (exact) mass is 445 g/mol. The molecule has 0 saturated heterocycles. The van der Waals surface area contributed by atoms with E-state index in [0.29, 0.717) is 14.8 Å². The molecular formula is C14H12IN3O6. The third-order valence-electron chi connectivity index (χ3n) is 3.00. The summed E-state index contributed by atoms with van der Waals surface area (Å²) in [4.78, 5) is 26.0. The second-order valence-electron chi connectivity index (χ2n) is 4.56. The largest absolute Gasteiger partial charge is 0.350 e. The Morgan fingerprint density at radius 2 is 1.75 bits per heavy atom. The summed E-state index contributed by atoms with van der Waals surface area (Å²) in [6, 6.07) is 10.1. The molecule has 0 radical (unpaired) electrons. The molecule has 1 unspecified atom stereocenters. The third-order valence-corrected chi connectivity index (χ3v) is 3.94. The second-order valence-corrected chi connectivity index (χ2v) is 5.72. The van der Waals surface area contributed by atoms with Gasteiger partial charge < -0.3 is 4.74 Å². The van der Waals surface area contributed by atoms with Crippen LogP contribution in [0.25, 0.3) is 0 Å². The maximum atomic E-state index is 10.8. The molecule has 0 aliphatic heterocycles. The number of benzene rings is 2. The molecule has 126 valence electrons. The first-order valence-electron chi connectivity index (χ1n) is 6.55. The number of anilines is 1. The van der Waals surface area contributed by atoms with Crippen LogP contribution in [-0.4, -0.2) is 17.0 Å². The topological polar surface area (TPSA) is 117 Å². The molecule has 0 fully saturated rings. The van der Waals surface area contributed by atoms with Crippen LogP contribution in [0.3, 0.4) is 0 Å². The summed E-state index contributed by atoms with van der Waals surface area (Å²) in [6.45, 7) is 0. The number of non-ortho nitro benzene ring substituents is 2. The Balaban J connectivity index is 2.17. The summed E-state index contributed by atoms with van der Waals surface area (Å²) in [6.07, 6.45) is -0.931. The van der Waals surface area contributed by atoms with Gasteiger partial charge in [-0.2, -0.15) is 0 Å². The van der Waals surface area contributed by atoms with E-state index in [9.17, 15) is 20.2 Å². The van der Waals surface area contributed by atoms with E-state index in [4.69, 9.17) is 9.57 Å². The van der Waals surface area contributed by atoms with E-state index in [1.807, 2.05) is 22.6 Å². The fraction of sp³-hybridized carbons (Fsp3) is 0.143. The Kier molecular flexibility index (Phi) is 6.00. The highest BCUT2D eigenvalue weighted by atomic mass is 127. The van der Waals surface area contributed by atoms with Gasteiger partial charge in [-0.3, -0.25) is 25.7 Å². The highest BCUT2D eigenvalue weighted by molar-refractivity contribution is 14.1. The molecule has 0 amide bonds. The zero-order valence-corrected chi connectivity index (χ0v) is 14.5. The summed E-state index contributed by atoms with van der Waals surface area (Å²) < 4.78 is 5.87. The maximum absolute atomic E-state index is 10.8. The Labute approximate surface area is 150 Å². The van der Waals surface area contributed by atoms with E-state index in [2.05, 4.69) is 5.48 Å². The van der Waals surface area contributed by atoms with Gasteiger partial charge in [0.25, 0.3) is 11.4 Å². The van der Waals surface area contributed by atoms with E-state index < -0.39 is 16.1 Å². The van der Waals surface area contributed by atoms with Gasteiger partial charge in [0.05, 0.1) is 15.5 Å². The number of ether oxygens (including phenoxy) is 1. The van der Waals surface area contributed by atoms with Crippen LogP contribution in [0.4, 0.5) is 17.1 Å². The summed E-state index contributed by atoms with van der Waals surface area (Å²) >= 11 is 1.99. The Morgan fingerprint density at radius 3 is 2.38 bits per heavy atom. The van der Waals surface area contributed by atoms with Crippen LogP contribution in [-0.2, 0) is 9.57 Å². The molecule has 0 spiro atoms. The molecule has 2 aromatic rings. The van der Waals surface area contributed by atoms with Crippen LogP contribution >= 0.6 is 22.6 Å². The SMILES string of the molecule is COC(ONc1cc([N+](=O)[O-])ccc1I)c1cccc([N+](=O)[O-])c1. The highest BCUT2D eigenvalue weighted by Gasteiger charge is 2.17. The molecule has 10 heteroatoms. The lowest BCUT2D eigenvalue weighted by molar-refractivity contribution is -0.385. The minimum Gasteiger partial charge on any atom is -0.350 e. The average Bonchev–Trinajstić information content (AvgIpc) is 2.57. The number of hydrogen-bond donors (Lipinski definition) is 1. The van der Waals surface area contributed by atoms with Gasteiger partial charge in [0.15, 0.2) is 0 Å². The van der Waals surface area contributed by atoms with E-state index in [0.717, 1.165) is 0 Å². The molecule has 0 bridgehead atoms. The van der Waals surface area contributed by atoms with Crippen LogP contribution in [0.2, 0.25) is 0 Å². The van der Waals surface area contributed by atoms with Crippen molar-refractivity contribution < 1.29 is 19.4 Å². The van der Waals surface area contributed by atoms with Crippen LogP contribution in [0.15, 0.2) is 42.5 Å². The number of methoxy groups -OCH3 is 1. The number of hydrogen-bond acceptors (Lipinski definition) is 7. The van der Waals surface area contributed by atoms with E-state index in [-0.39, 0.29) is 11.4 Å². The molecular weight excluding hydrogens is 433 g/mol. The van der Waals surface area contributed by atoms with Crippen LogP contribution in [0.1, 0.15) is 11.9 Å². The molecule has 2 aromatic carbocycles. The maximum Gasteiger partial charge on any atom is 0.271 e. The molecule has 0 aromatic heterocycles. The predicted octanol–water partition coefficient (Wildman–Crippen LogP) is 3.80. The summed E-state index contributed by atoms with van der Waals surface area (Å²) in [7, 11) is 1.38. The Bertz CT molecular complexity index is 770. The van der Waals surface area contributed by atoms with E-state index >= 15 is 0 Å². The molecule has 1 atom stereocenters.